The summed E-state index contributed by atoms with van der Waals surface area (Å²) in [4.78, 5) is 23.5. The summed E-state index contributed by atoms with van der Waals surface area (Å²) in [6.07, 6.45) is 0.694. The van der Waals surface area contributed by atoms with Gasteiger partial charge in [-0.3, -0.25) is 9.89 Å². The van der Waals surface area contributed by atoms with Gasteiger partial charge in [0.25, 0.3) is 0 Å². The summed E-state index contributed by atoms with van der Waals surface area (Å²) >= 11 is 0. The number of nitriles is 1. The summed E-state index contributed by atoms with van der Waals surface area (Å²) in [5.41, 5.74) is 2.92. The first-order valence-corrected chi connectivity index (χ1v) is 15.1. The lowest BCUT2D eigenvalue weighted by atomic mass is 9.91. The second-order valence-corrected chi connectivity index (χ2v) is 12.9. The fourth-order valence-electron chi connectivity index (χ4n) is 6.06. The Balaban J connectivity index is 1.19. The zero-order valence-corrected chi connectivity index (χ0v) is 23.6. The minimum absolute atomic E-state index is 0.00548. The zero-order valence-electron chi connectivity index (χ0n) is 22.8. The molecule has 2 aromatic heterocycles. The van der Waals surface area contributed by atoms with Gasteiger partial charge < -0.3 is 25.0 Å². The van der Waals surface area contributed by atoms with E-state index in [0.29, 0.717) is 23.8 Å². The number of nitrogens with one attached hydrogen (secondary N) is 3. The maximum atomic E-state index is 13.1. The van der Waals surface area contributed by atoms with Gasteiger partial charge in [0.05, 0.1) is 36.7 Å². The Morgan fingerprint density at radius 3 is 2.64 bits per heavy atom. The van der Waals surface area contributed by atoms with Crippen LogP contribution in [-0.4, -0.2) is 73.3 Å². The summed E-state index contributed by atoms with van der Waals surface area (Å²) in [7, 11) is -0.0397. The minimum atomic E-state index is -3.12. The number of benzene rings is 2. The van der Waals surface area contributed by atoms with Gasteiger partial charge >= 0.3 is 0 Å². The van der Waals surface area contributed by atoms with Crippen LogP contribution in [0.5, 0.6) is 11.5 Å². The van der Waals surface area contributed by atoms with Gasteiger partial charge in [-0.15, -0.1) is 0 Å². The number of fused-ring (bicyclic) bond motifs is 3. The highest BCUT2D eigenvalue weighted by atomic mass is 32.2. The van der Waals surface area contributed by atoms with Crippen molar-refractivity contribution in [3.63, 3.8) is 0 Å². The molecule has 1 amide bonds. The number of carbonyl (C=O) groups is 1. The first-order chi connectivity index (χ1) is 20.3. The van der Waals surface area contributed by atoms with Gasteiger partial charge in [0.2, 0.25) is 17.5 Å². The van der Waals surface area contributed by atoms with E-state index in [1.54, 1.807) is 12.0 Å². The number of H-pyrrole nitrogens is 1. The van der Waals surface area contributed by atoms with Crippen molar-refractivity contribution >= 4 is 49.8 Å². The van der Waals surface area contributed by atoms with Crippen LogP contribution in [0.1, 0.15) is 29.3 Å². The van der Waals surface area contributed by atoms with Crippen molar-refractivity contribution in [3.8, 4) is 17.6 Å². The van der Waals surface area contributed by atoms with Crippen molar-refractivity contribution in [2.75, 3.05) is 54.3 Å². The van der Waals surface area contributed by atoms with Crippen LogP contribution in [0.25, 0.3) is 10.9 Å². The third-order valence-corrected chi connectivity index (χ3v) is 9.95. The Labute approximate surface area is 240 Å². The second kappa shape index (κ2) is 9.31. The molecule has 0 unspecified atom stereocenters. The van der Waals surface area contributed by atoms with Crippen LogP contribution >= 0.6 is 0 Å². The summed E-state index contributed by atoms with van der Waals surface area (Å²) in [6.45, 7) is 0.456. The molecule has 1 saturated carbocycles. The molecular formula is C28H26N8O5S. The number of hydrogen-bond acceptors (Lipinski definition) is 11. The molecule has 4 heterocycles. The van der Waals surface area contributed by atoms with Gasteiger partial charge in [-0.2, -0.15) is 20.3 Å². The molecular weight excluding hydrogens is 560 g/mol. The highest BCUT2D eigenvalue weighted by Gasteiger charge is 2.65. The third kappa shape index (κ3) is 3.99. The van der Waals surface area contributed by atoms with Crippen molar-refractivity contribution in [1.82, 2.24) is 20.2 Å². The molecule has 4 aromatic rings. The Morgan fingerprint density at radius 1 is 1.10 bits per heavy atom. The smallest absolute Gasteiger partial charge is 0.236 e. The Bertz CT molecular complexity index is 1920. The number of methoxy groups -OCH3 is 2. The number of anilines is 4. The Hall–Kier alpha value is -4.90. The van der Waals surface area contributed by atoms with Gasteiger partial charge in [-0.25, -0.2) is 8.42 Å². The maximum absolute atomic E-state index is 13.1. The largest absolute Gasteiger partial charge is 0.497 e. The number of rotatable bonds is 6. The van der Waals surface area contributed by atoms with Crippen LogP contribution in [0.2, 0.25) is 0 Å². The number of aromatic amines is 1. The van der Waals surface area contributed by atoms with E-state index < -0.39 is 15.3 Å². The molecule has 3 N–H and O–H groups in total. The summed E-state index contributed by atoms with van der Waals surface area (Å²) < 4.78 is 35.0. The van der Waals surface area contributed by atoms with E-state index in [1.807, 2.05) is 42.5 Å². The molecule has 13 nitrogen and oxygen atoms in total. The maximum Gasteiger partial charge on any atom is 0.236 e. The normalized spacial score (nSPS) is 22.0. The van der Waals surface area contributed by atoms with Gasteiger partial charge in [0.1, 0.15) is 11.8 Å². The fourth-order valence-corrected chi connectivity index (χ4v) is 7.26. The zero-order chi connectivity index (χ0) is 29.2. The van der Waals surface area contributed by atoms with Gasteiger partial charge in [0, 0.05) is 30.1 Å². The molecule has 2 fully saturated rings. The minimum Gasteiger partial charge on any atom is -0.497 e. The van der Waals surface area contributed by atoms with Crippen molar-refractivity contribution in [2.24, 2.45) is 0 Å². The Kier molecular flexibility index (Phi) is 5.77. The SMILES string of the molecule is COc1ccc2c(c1)[C@]1(C[C@H]1c1ccc3c(Nc4nc(C#N)nc(N5CCS(=O)(=O)CC5)c4OC)n[nH]c3c1)C(=O)N2. The standard InChI is InChI=1S/C28H26N8O5S/c1-40-16-4-6-20-18(12-16)28(27(37)30-20)13-19(28)15-3-5-17-21(11-15)34-35-24(17)33-25-23(41-2)26(32-22(14-29)31-25)36-7-9-42(38,39)10-8-36/h3-6,11-12,19H,7-10,13H2,1-2H3,(H,30,37)(H2,31,32,33,34,35)/t19-,28-/m0/s1. The molecule has 2 atom stereocenters. The predicted molar refractivity (Wildman–Crippen MR) is 154 cm³/mol. The van der Waals surface area contributed by atoms with Crippen molar-refractivity contribution in [1.29, 1.82) is 5.26 Å². The molecule has 7 rings (SSSR count). The monoisotopic (exact) mass is 586 g/mol. The fraction of sp³-hybridized carbons (Fsp3) is 0.321. The molecule has 2 aliphatic heterocycles. The average Bonchev–Trinajstić information content (AvgIpc) is 3.54. The molecule has 1 aliphatic carbocycles. The highest BCUT2D eigenvalue weighted by Crippen LogP contribution is 2.65. The topological polar surface area (TPSA) is 175 Å². The van der Waals surface area contributed by atoms with Gasteiger partial charge in [-0.1, -0.05) is 6.07 Å². The van der Waals surface area contributed by atoms with Gasteiger partial charge in [-0.05, 0) is 47.9 Å². The molecule has 1 saturated heterocycles. The highest BCUT2D eigenvalue weighted by molar-refractivity contribution is 7.91. The average molecular weight is 587 g/mol. The lowest BCUT2D eigenvalue weighted by molar-refractivity contribution is -0.118. The molecule has 214 valence electrons. The van der Waals surface area contributed by atoms with Crippen LogP contribution < -0.4 is 25.0 Å². The van der Waals surface area contributed by atoms with E-state index >= 15 is 0 Å². The molecule has 1 spiro atoms. The number of carbonyl (C=O) groups excluding carboxylic acids is 1. The summed E-state index contributed by atoms with van der Waals surface area (Å²) in [5, 5.41) is 24.1. The number of ether oxygens (including phenoxy) is 2. The van der Waals surface area contributed by atoms with E-state index in [4.69, 9.17) is 9.47 Å². The molecule has 14 heteroatoms. The number of hydrogen-bond donors (Lipinski definition) is 3. The van der Waals surface area contributed by atoms with Gasteiger partial charge in [0.15, 0.2) is 27.3 Å². The van der Waals surface area contributed by atoms with Crippen LogP contribution in [0.3, 0.4) is 0 Å². The van der Waals surface area contributed by atoms with Crippen molar-refractivity contribution in [2.45, 2.75) is 17.8 Å². The molecule has 0 radical (unpaired) electrons. The third-order valence-electron chi connectivity index (χ3n) is 8.34. The summed E-state index contributed by atoms with van der Waals surface area (Å²) in [6, 6.07) is 13.5. The Morgan fingerprint density at radius 2 is 1.90 bits per heavy atom. The molecule has 0 bridgehead atoms. The number of amides is 1. The van der Waals surface area contributed by atoms with E-state index in [2.05, 4.69) is 30.8 Å². The molecule has 42 heavy (non-hydrogen) atoms. The number of nitrogens with zero attached hydrogens (tertiary/aromatic N) is 5. The number of sulfone groups is 1. The van der Waals surface area contributed by atoms with Crippen LogP contribution in [0, 0.1) is 11.3 Å². The van der Waals surface area contributed by atoms with Crippen LogP contribution in [0.4, 0.5) is 23.1 Å². The quantitative estimate of drug-likeness (QED) is 0.303. The lowest BCUT2D eigenvalue weighted by Gasteiger charge is -2.29. The first kappa shape index (κ1) is 26.0. The predicted octanol–water partition coefficient (Wildman–Crippen LogP) is 2.60. The van der Waals surface area contributed by atoms with E-state index in [0.717, 1.165) is 27.7 Å². The molecule has 2 aromatic carbocycles. The van der Waals surface area contributed by atoms with E-state index in [9.17, 15) is 18.5 Å². The van der Waals surface area contributed by atoms with Crippen LogP contribution in [0.15, 0.2) is 36.4 Å². The van der Waals surface area contributed by atoms with Crippen molar-refractivity contribution < 1.29 is 22.7 Å². The van der Waals surface area contributed by atoms with E-state index in [1.165, 1.54) is 7.11 Å². The summed E-state index contributed by atoms with van der Waals surface area (Å²) in [5.74, 6) is 1.91. The van der Waals surface area contributed by atoms with Crippen molar-refractivity contribution in [3.05, 3.63) is 53.3 Å². The second-order valence-electron chi connectivity index (χ2n) is 10.6. The number of aromatic nitrogens is 4. The lowest BCUT2D eigenvalue weighted by Crippen LogP contribution is -2.41. The van der Waals surface area contributed by atoms with Crippen LogP contribution in [-0.2, 0) is 20.0 Å². The van der Waals surface area contributed by atoms with E-state index in [-0.39, 0.29) is 53.8 Å². The first-order valence-electron chi connectivity index (χ1n) is 13.3. The molecule has 3 aliphatic rings.